The van der Waals surface area contributed by atoms with Crippen molar-refractivity contribution in [3.8, 4) is 0 Å². The van der Waals surface area contributed by atoms with Crippen LogP contribution in [0.25, 0.3) is 0 Å². The second-order valence-corrected chi connectivity index (χ2v) is 5.16. The topological polar surface area (TPSA) is 27.1 Å². The lowest BCUT2D eigenvalue weighted by Crippen LogP contribution is -2.33. The summed E-state index contributed by atoms with van der Waals surface area (Å²) in [6, 6.07) is 8.84. The van der Waals surface area contributed by atoms with Gasteiger partial charge in [-0.3, -0.25) is 5.41 Å². The number of fused-ring (bicyclic) bond motifs is 1. The summed E-state index contributed by atoms with van der Waals surface area (Å²) in [5, 5.41) is 8.21. The Labute approximate surface area is 96.8 Å². The van der Waals surface area contributed by atoms with Gasteiger partial charge in [-0.25, -0.2) is 0 Å². The normalized spacial score (nSPS) is 21.1. The van der Waals surface area contributed by atoms with Gasteiger partial charge in [-0.15, -0.1) is 0 Å². The molecule has 1 saturated carbocycles. The average Bonchev–Trinajstić information content (AvgIpc) is 3.03. The zero-order chi connectivity index (χ0) is 11.1. The third kappa shape index (κ3) is 1.62. The lowest BCUT2D eigenvalue weighted by atomic mass is 10.1. The van der Waals surface area contributed by atoms with Crippen molar-refractivity contribution in [2.45, 2.75) is 38.8 Å². The van der Waals surface area contributed by atoms with Crippen LogP contribution < -0.4 is 0 Å². The smallest absolute Gasteiger partial charge is 0.128 e. The molecule has 1 aliphatic carbocycles. The molecule has 0 saturated heterocycles. The summed E-state index contributed by atoms with van der Waals surface area (Å²) in [7, 11) is 0. The Morgan fingerprint density at radius 3 is 2.81 bits per heavy atom. The molecule has 84 valence electrons. The lowest BCUT2D eigenvalue weighted by molar-refractivity contribution is 0.307. The molecule has 1 atom stereocenters. The van der Waals surface area contributed by atoms with Gasteiger partial charge in [-0.05, 0) is 24.8 Å². The molecule has 1 unspecified atom stereocenters. The maximum atomic E-state index is 8.21. The minimum atomic E-state index is 0.521. The van der Waals surface area contributed by atoms with Crippen LogP contribution in [0.1, 0.15) is 37.3 Å². The molecule has 2 heteroatoms. The quantitative estimate of drug-likeness (QED) is 0.822. The molecule has 0 amide bonds. The fraction of sp³-hybridized carbons (Fsp3) is 0.500. The molecule has 2 nitrogen and oxygen atoms in total. The van der Waals surface area contributed by atoms with Crippen LogP contribution in [0, 0.1) is 11.3 Å². The van der Waals surface area contributed by atoms with Crippen molar-refractivity contribution < 1.29 is 0 Å². The van der Waals surface area contributed by atoms with Crippen LogP contribution in [0.4, 0.5) is 0 Å². The zero-order valence-corrected chi connectivity index (χ0v) is 9.74. The number of amidine groups is 1. The highest BCUT2D eigenvalue weighted by atomic mass is 15.2. The van der Waals surface area contributed by atoms with E-state index in [2.05, 4.69) is 30.0 Å². The van der Waals surface area contributed by atoms with Crippen LogP contribution in [-0.4, -0.2) is 16.8 Å². The predicted molar refractivity (Wildman–Crippen MR) is 65.6 cm³/mol. The van der Waals surface area contributed by atoms with Crippen LogP contribution in [0.3, 0.4) is 0 Å². The van der Waals surface area contributed by atoms with Gasteiger partial charge in [-0.2, -0.15) is 0 Å². The maximum absolute atomic E-state index is 8.21. The first-order chi connectivity index (χ1) is 7.75. The van der Waals surface area contributed by atoms with E-state index in [0.717, 1.165) is 23.9 Å². The van der Waals surface area contributed by atoms with E-state index in [1.807, 2.05) is 6.07 Å². The number of hydrogen-bond donors (Lipinski definition) is 1. The first-order valence-electron chi connectivity index (χ1n) is 6.19. The highest BCUT2D eigenvalue weighted by Gasteiger charge is 2.31. The van der Waals surface area contributed by atoms with E-state index in [9.17, 15) is 0 Å². The fourth-order valence-electron chi connectivity index (χ4n) is 2.65. The highest BCUT2D eigenvalue weighted by molar-refractivity contribution is 6.00. The van der Waals surface area contributed by atoms with Crippen molar-refractivity contribution in [2.75, 3.05) is 0 Å². The predicted octanol–water partition coefficient (Wildman–Crippen LogP) is 3.02. The van der Waals surface area contributed by atoms with E-state index in [4.69, 9.17) is 5.41 Å². The van der Waals surface area contributed by atoms with Crippen molar-refractivity contribution in [3.05, 3.63) is 35.4 Å². The van der Waals surface area contributed by atoms with Crippen molar-refractivity contribution in [1.82, 2.24) is 4.90 Å². The number of nitrogens with zero attached hydrogens (tertiary/aromatic N) is 1. The molecule has 1 heterocycles. The lowest BCUT2D eigenvalue weighted by Gasteiger charge is -2.26. The molecule has 0 spiro atoms. The van der Waals surface area contributed by atoms with E-state index >= 15 is 0 Å². The van der Waals surface area contributed by atoms with Gasteiger partial charge in [-0.1, -0.05) is 37.1 Å². The van der Waals surface area contributed by atoms with Gasteiger partial charge in [0.15, 0.2) is 0 Å². The molecule has 1 aromatic carbocycles. The molecule has 1 fully saturated rings. The highest BCUT2D eigenvalue weighted by Crippen LogP contribution is 2.36. The Bertz CT molecular complexity index is 420. The van der Waals surface area contributed by atoms with Crippen LogP contribution in [0.15, 0.2) is 24.3 Å². The molecule has 2 aliphatic rings. The molecule has 16 heavy (non-hydrogen) atoms. The second kappa shape index (κ2) is 3.62. The molecule has 0 bridgehead atoms. The molecular weight excluding hydrogens is 196 g/mol. The van der Waals surface area contributed by atoms with Crippen molar-refractivity contribution >= 4 is 5.84 Å². The molecule has 3 rings (SSSR count). The van der Waals surface area contributed by atoms with Crippen LogP contribution in [0.5, 0.6) is 0 Å². The molecule has 1 aromatic rings. The molecule has 1 N–H and O–H groups in total. The van der Waals surface area contributed by atoms with Gasteiger partial charge in [0, 0.05) is 18.2 Å². The minimum Gasteiger partial charge on any atom is -0.350 e. The van der Waals surface area contributed by atoms with Gasteiger partial charge in [0.1, 0.15) is 5.84 Å². The summed E-state index contributed by atoms with van der Waals surface area (Å²) in [6.07, 6.45) is 4.06. The summed E-state index contributed by atoms with van der Waals surface area (Å²) in [4.78, 5) is 2.25. The first kappa shape index (κ1) is 9.88. The number of nitrogens with one attached hydrogen (secondary N) is 1. The third-order valence-corrected chi connectivity index (χ3v) is 3.80. The SMILES string of the molecule is CC(CC1CC1)N1Cc2ccccc2C1=N. The van der Waals surface area contributed by atoms with E-state index in [1.54, 1.807) is 0 Å². The number of rotatable bonds is 3. The fourth-order valence-corrected chi connectivity index (χ4v) is 2.65. The summed E-state index contributed by atoms with van der Waals surface area (Å²) in [6.45, 7) is 3.20. The van der Waals surface area contributed by atoms with Crippen LogP contribution in [0.2, 0.25) is 0 Å². The van der Waals surface area contributed by atoms with Gasteiger partial charge in [0.2, 0.25) is 0 Å². The van der Waals surface area contributed by atoms with E-state index in [-0.39, 0.29) is 0 Å². The van der Waals surface area contributed by atoms with Crippen molar-refractivity contribution in [1.29, 1.82) is 5.41 Å². The van der Waals surface area contributed by atoms with Gasteiger partial charge < -0.3 is 4.90 Å². The Kier molecular flexibility index (Phi) is 2.23. The number of benzene rings is 1. The monoisotopic (exact) mass is 214 g/mol. The molecule has 0 radical (unpaired) electrons. The summed E-state index contributed by atoms with van der Waals surface area (Å²) in [5.74, 6) is 1.66. The van der Waals surface area contributed by atoms with Crippen molar-refractivity contribution in [3.63, 3.8) is 0 Å². The summed E-state index contributed by atoms with van der Waals surface area (Å²) < 4.78 is 0. The molecular formula is C14H18N2. The maximum Gasteiger partial charge on any atom is 0.128 e. The van der Waals surface area contributed by atoms with Crippen LogP contribution >= 0.6 is 0 Å². The average molecular weight is 214 g/mol. The van der Waals surface area contributed by atoms with Gasteiger partial charge in [0.05, 0.1) is 0 Å². The Morgan fingerprint density at radius 1 is 1.38 bits per heavy atom. The Morgan fingerprint density at radius 2 is 2.12 bits per heavy atom. The Hall–Kier alpha value is -1.31. The third-order valence-electron chi connectivity index (χ3n) is 3.80. The van der Waals surface area contributed by atoms with Gasteiger partial charge in [0.25, 0.3) is 0 Å². The van der Waals surface area contributed by atoms with Crippen LogP contribution in [-0.2, 0) is 6.54 Å². The van der Waals surface area contributed by atoms with E-state index in [0.29, 0.717) is 6.04 Å². The summed E-state index contributed by atoms with van der Waals surface area (Å²) in [5.41, 5.74) is 2.44. The zero-order valence-electron chi connectivity index (χ0n) is 9.74. The molecule has 0 aromatic heterocycles. The largest absolute Gasteiger partial charge is 0.350 e. The first-order valence-corrected chi connectivity index (χ1v) is 6.19. The Balaban J connectivity index is 1.77. The van der Waals surface area contributed by atoms with E-state index < -0.39 is 0 Å². The number of hydrogen-bond acceptors (Lipinski definition) is 1. The van der Waals surface area contributed by atoms with Crippen molar-refractivity contribution in [2.24, 2.45) is 5.92 Å². The summed E-state index contributed by atoms with van der Waals surface area (Å²) >= 11 is 0. The molecule has 1 aliphatic heterocycles. The van der Waals surface area contributed by atoms with Gasteiger partial charge >= 0.3 is 0 Å². The minimum absolute atomic E-state index is 0.521. The second-order valence-electron chi connectivity index (χ2n) is 5.16. The standard InChI is InChI=1S/C14H18N2/c1-10(8-11-6-7-11)16-9-12-4-2-3-5-13(12)14(16)15/h2-5,10-11,15H,6-9H2,1H3. The van der Waals surface area contributed by atoms with E-state index in [1.165, 1.54) is 24.8 Å².